The van der Waals surface area contributed by atoms with E-state index in [0.29, 0.717) is 24.8 Å². The first-order valence-electron chi connectivity index (χ1n) is 7.89. The molecule has 1 saturated heterocycles. The summed E-state index contributed by atoms with van der Waals surface area (Å²) in [7, 11) is 1.66. The van der Waals surface area contributed by atoms with E-state index >= 15 is 0 Å². The van der Waals surface area contributed by atoms with Gasteiger partial charge in [0.15, 0.2) is 11.6 Å². The number of rotatable bonds is 4. The molecule has 0 spiro atoms. The van der Waals surface area contributed by atoms with E-state index in [4.69, 9.17) is 4.42 Å². The van der Waals surface area contributed by atoms with Gasteiger partial charge in [-0.1, -0.05) is 0 Å². The van der Waals surface area contributed by atoms with E-state index in [1.54, 1.807) is 32.4 Å². The molecular formula is C16H21N5O3. The van der Waals surface area contributed by atoms with Crippen molar-refractivity contribution in [1.82, 2.24) is 19.9 Å². The number of aryl methyl sites for hydroxylation is 1. The van der Waals surface area contributed by atoms with Gasteiger partial charge in [0.05, 0.1) is 18.7 Å². The molecule has 1 unspecified atom stereocenters. The van der Waals surface area contributed by atoms with Crippen LogP contribution in [-0.2, 0) is 0 Å². The molecule has 128 valence electrons. The maximum absolute atomic E-state index is 12.4. The molecular weight excluding hydrogens is 310 g/mol. The molecule has 0 bridgehead atoms. The molecule has 1 fully saturated rings. The zero-order valence-corrected chi connectivity index (χ0v) is 13.8. The SMILES string of the molecule is Cc1nc(C(=O)N(C)CC2(O)CCCN(c3ncccn3)C2)co1. The van der Waals surface area contributed by atoms with Crippen molar-refractivity contribution in [3.63, 3.8) is 0 Å². The Kier molecular flexibility index (Phi) is 4.48. The Labute approximate surface area is 140 Å². The number of anilines is 1. The van der Waals surface area contributed by atoms with Crippen molar-refractivity contribution < 1.29 is 14.3 Å². The minimum Gasteiger partial charge on any atom is -0.448 e. The molecule has 0 radical (unpaired) electrons. The van der Waals surface area contributed by atoms with Gasteiger partial charge in [0.25, 0.3) is 5.91 Å². The molecule has 0 aliphatic carbocycles. The summed E-state index contributed by atoms with van der Waals surface area (Å²) in [4.78, 5) is 28.3. The van der Waals surface area contributed by atoms with E-state index in [-0.39, 0.29) is 18.1 Å². The molecule has 1 aliphatic rings. The highest BCUT2D eigenvalue weighted by Gasteiger charge is 2.36. The third-order valence-corrected chi connectivity index (χ3v) is 4.11. The van der Waals surface area contributed by atoms with Gasteiger partial charge in [-0.2, -0.15) is 0 Å². The van der Waals surface area contributed by atoms with Crippen LogP contribution in [0, 0.1) is 6.92 Å². The second-order valence-electron chi connectivity index (χ2n) is 6.21. The number of aliphatic hydroxyl groups is 1. The molecule has 1 amide bonds. The maximum atomic E-state index is 12.4. The minimum absolute atomic E-state index is 0.209. The van der Waals surface area contributed by atoms with Gasteiger partial charge in [-0.15, -0.1) is 0 Å². The number of oxazole rings is 1. The van der Waals surface area contributed by atoms with Crippen LogP contribution in [0.5, 0.6) is 0 Å². The Morgan fingerprint density at radius 3 is 2.88 bits per heavy atom. The number of amides is 1. The van der Waals surface area contributed by atoms with Crippen molar-refractivity contribution >= 4 is 11.9 Å². The van der Waals surface area contributed by atoms with Crippen molar-refractivity contribution in [1.29, 1.82) is 0 Å². The lowest BCUT2D eigenvalue weighted by Crippen LogP contribution is -2.55. The largest absolute Gasteiger partial charge is 0.448 e. The van der Waals surface area contributed by atoms with Gasteiger partial charge in [-0.3, -0.25) is 4.79 Å². The number of carbonyl (C=O) groups is 1. The molecule has 8 nitrogen and oxygen atoms in total. The number of hydrogen-bond acceptors (Lipinski definition) is 7. The first-order valence-corrected chi connectivity index (χ1v) is 7.89. The summed E-state index contributed by atoms with van der Waals surface area (Å²) < 4.78 is 5.08. The molecule has 1 aliphatic heterocycles. The number of hydrogen-bond donors (Lipinski definition) is 1. The summed E-state index contributed by atoms with van der Waals surface area (Å²) in [5, 5.41) is 10.9. The second-order valence-corrected chi connectivity index (χ2v) is 6.21. The molecule has 24 heavy (non-hydrogen) atoms. The summed E-state index contributed by atoms with van der Waals surface area (Å²) in [6.07, 6.45) is 6.12. The average molecular weight is 331 g/mol. The molecule has 2 aromatic rings. The molecule has 2 aromatic heterocycles. The van der Waals surface area contributed by atoms with Crippen LogP contribution in [-0.4, -0.2) is 63.1 Å². The monoisotopic (exact) mass is 331 g/mol. The lowest BCUT2D eigenvalue weighted by molar-refractivity contribution is -0.000444. The van der Waals surface area contributed by atoms with Crippen molar-refractivity contribution in [2.24, 2.45) is 0 Å². The third kappa shape index (κ3) is 3.53. The van der Waals surface area contributed by atoms with Gasteiger partial charge in [0.2, 0.25) is 5.95 Å². The van der Waals surface area contributed by atoms with Crippen molar-refractivity contribution in [3.8, 4) is 0 Å². The summed E-state index contributed by atoms with van der Waals surface area (Å²) in [6, 6.07) is 1.76. The molecule has 1 atom stereocenters. The van der Waals surface area contributed by atoms with E-state index < -0.39 is 5.60 Å². The topological polar surface area (TPSA) is 95.6 Å². The Bertz CT molecular complexity index is 705. The Morgan fingerprint density at radius 2 is 2.21 bits per heavy atom. The van der Waals surface area contributed by atoms with Crippen molar-refractivity contribution in [2.45, 2.75) is 25.4 Å². The predicted molar refractivity (Wildman–Crippen MR) is 86.6 cm³/mol. The van der Waals surface area contributed by atoms with Crippen molar-refractivity contribution in [3.05, 3.63) is 36.3 Å². The number of carbonyl (C=O) groups excluding carboxylic acids is 1. The van der Waals surface area contributed by atoms with Gasteiger partial charge < -0.3 is 19.3 Å². The number of piperidine rings is 1. The third-order valence-electron chi connectivity index (χ3n) is 4.11. The van der Waals surface area contributed by atoms with Crippen molar-refractivity contribution in [2.75, 3.05) is 31.6 Å². The molecule has 8 heteroatoms. The van der Waals surface area contributed by atoms with E-state index in [9.17, 15) is 9.90 Å². The zero-order chi connectivity index (χ0) is 17.2. The Balaban J connectivity index is 1.67. The second kappa shape index (κ2) is 6.56. The lowest BCUT2D eigenvalue weighted by Gasteiger charge is -2.40. The fourth-order valence-electron chi connectivity index (χ4n) is 3.04. The standard InChI is InChI=1S/C16H21N5O3/c1-12-19-13(9-24-12)14(22)20(2)10-16(23)5-3-8-21(11-16)15-17-6-4-7-18-15/h4,6-7,9,23H,3,5,8,10-11H2,1-2H3. The van der Waals surface area contributed by atoms with Crippen LogP contribution >= 0.6 is 0 Å². The van der Waals surface area contributed by atoms with Crippen LogP contribution in [0.3, 0.4) is 0 Å². The summed E-state index contributed by atoms with van der Waals surface area (Å²) in [5.41, 5.74) is -0.765. The molecule has 0 saturated carbocycles. The fourth-order valence-corrected chi connectivity index (χ4v) is 3.04. The highest BCUT2D eigenvalue weighted by Crippen LogP contribution is 2.25. The maximum Gasteiger partial charge on any atom is 0.275 e. The summed E-state index contributed by atoms with van der Waals surface area (Å²) in [5.74, 6) is 0.764. The fraction of sp³-hybridized carbons (Fsp3) is 0.500. The van der Waals surface area contributed by atoms with Gasteiger partial charge >= 0.3 is 0 Å². The van der Waals surface area contributed by atoms with Crippen LogP contribution in [0.25, 0.3) is 0 Å². The number of likely N-dealkylation sites (N-methyl/N-ethyl adjacent to an activating group) is 1. The smallest absolute Gasteiger partial charge is 0.275 e. The number of nitrogens with zero attached hydrogens (tertiary/aromatic N) is 5. The van der Waals surface area contributed by atoms with Gasteiger partial charge in [0, 0.05) is 32.9 Å². The van der Waals surface area contributed by atoms with E-state index in [1.165, 1.54) is 11.2 Å². The Hall–Kier alpha value is -2.48. The van der Waals surface area contributed by atoms with Crippen LogP contribution < -0.4 is 4.90 Å². The van der Waals surface area contributed by atoms with E-state index in [1.807, 2.05) is 4.90 Å². The van der Waals surface area contributed by atoms with Crippen LogP contribution in [0.1, 0.15) is 29.2 Å². The van der Waals surface area contributed by atoms with Crippen LogP contribution in [0.15, 0.2) is 29.1 Å². The van der Waals surface area contributed by atoms with Crippen LogP contribution in [0.2, 0.25) is 0 Å². The zero-order valence-electron chi connectivity index (χ0n) is 13.8. The summed E-state index contributed by atoms with van der Waals surface area (Å²) in [6.45, 7) is 3.06. The quantitative estimate of drug-likeness (QED) is 0.888. The molecule has 1 N–H and O–H groups in total. The highest BCUT2D eigenvalue weighted by atomic mass is 16.3. The first-order chi connectivity index (χ1) is 11.5. The first kappa shape index (κ1) is 16.4. The van der Waals surface area contributed by atoms with Crippen LogP contribution in [0.4, 0.5) is 5.95 Å². The minimum atomic E-state index is -1.01. The number of β-amino-alcohol motifs (C(OH)–C–C–N with tert-alkyl or cyclic N) is 1. The summed E-state index contributed by atoms with van der Waals surface area (Å²) >= 11 is 0. The lowest BCUT2D eigenvalue weighted by atomic mass is 9.92. The average Bonchev–Trinajstić information content (AvgIpc) is 3.01. The molecule has 3 rings (SSSR count). The normalized spacial score (nSPS) is 20.9. The van der Waals surface area contributed by atoms with Gasteiger partial charge in [-0.25, -0.2) is 15.0 Å². The predicted octanol–water partition coefficient (Wildman–Crippen LogP) is 0.877. The Morgan fingerprint density at radius 1 is 1.46 bits per heavy atom. The van der Waals surface area contributed by atoms with Gasteiger partial charge in [-0.05, 0) is 18.9 Å². The molecule has 3 heterocycles. The highest BCUT2D eigenvalue weighted by molar-refractivity contribution is 5.91. The molecule has 0 aromatic carbocycles. The number of aromatic nitrogens is 3. The van der Waals surface area contributed by atoms with E-state index in [0.717, 1.165) is 13.0 Å². The van der Waals surface area contributed by atoms with Gasteiger partial charge in [0.1, 0.15) is 6.26 Å². The van der Waals surface area contributed by atoms with E-state index in [2.05, 4.69) is 15.0 Å².